The Balaban J connectivity index is 2.52. The van der Waals surface area contributed by atoms with E-state index in [1.165, 1.54) is 0 Å². The normalized spacial score (nSPS) is 14.6. The molecule has 2 atom stereocenters. The number of hydrogen-bond acceptors (Lipinski definition) is 3. The van der Waals surface area contributed by atoms with Gasteiger partial charge in [-0.1, -0.05) is 13.3 Å². The van der Waals surface area contributed by atoms with Crippen molar-refractivity contribution in [2.24, 2.45) is 11.7 Å². The van der Waals surface area contributed by atoms with Gasteiger partial charge in [0.1, 0.15) is 5.69 Å². The molecule has 0 radical (unpaired) electrons. The first-order valence-electron chi connectivity index (χ1n) is 6.37. The summed E-state index contributed by atoms with van der Waals surface area (Å²) in [5.74, 6) is 0.241. The Hall–Kier alpha value is -1.16. The molecule has 1 heterocycles. The van der Waals surface area contributed by atoms with Crippen molar-refractivity contribution in [1.29, 1.82) is 0 Å². The van der Waals surface area contributed by atoms with E-state index in [1.807, 2.05) is 20.8 Å². The minimum absolute atomic E-state index is 0.0516. The van der Waals surface area contributed by atoms with Gasteiger partial charge in [0.2, 0.25) is 0 Å². The van der Waals surface area contributed by atoms with Crippen LogP contribution in [0, 0.1) is 5.92 Å². The third-order valence-electron chi connectivity index (χ3n) is 3.01. The van der Waals surface area contributed by atoms with Crippen molar-refractivity contribution in [2.75, 3.05) is 0 Å². The number of Topliss-reactive ketones (excluding diaryl/α,β-unsaturated/α-hetero) is 1. The number of rotatable bonds is 7. The summed E-state index contributed by atoms with van der Waals surface area (Å²) in [6.45, 7) is 6.71. The first-order chi connectivity index (χ1) is 8.06. The number of aryl methyl sites for hydroxylation is 1. The maximum absolute atomic E-state index is 12.2. The smallest absolute Gasteiger partial charge is 0.183 e. The highest BCUT2D eigenvalue weighted by Crippen LogP contribution is 2.15. The Morgan fingerprint density at radius 1 is 1.47 bits per heavy atom. The van der Waals surface area contributed by atoms with Gasteiger partial charge in [-0.15, -0.1) is 0 Å². The highest BCUT2D eigenvalue weighted by Gasteiger charge is 2.18. The molecule has 1 aromatic heterocycles. The second-order valence-electron chi connectivity index (χ2n) is 4.71. The third kappa shape index (κ3) is 3.97. The van der Waals surface area contributed by atoms with Crippen molar-refractivity contribution in [3.05, 3.63) is 18.0 Å². The standard InChI is InChI=1S/C13H23N3O/c1-4-16-12(8-9-15-16)13(17)10(2)6-5-7-11(3)14/h8-11H,4-7,14H2,1-3H3. The SMILES string of the molecule is CCn1nccc1C(=O)C(C)CCCC(C)N. The summed E-state index contributed by atoms with van der Waals surface area (Å²) in [6, 6.07) is 2.02. The van der Waals surface area contributed by atoms with E-state index in [-0.39, 0.29) is 17.7 Å². The quantitative estimate of drug-likeness (QED) is 0.740. The van der Waals surface area contributed by atoms with E-state index in [2.05, 4.69) is 5.10 Å². The van der Waals surface area contributed by atoms with Gasteiger partial charge < -0.3 is 5.73 Å². The lowest BCUT2D eigenvalue weighted by molar-refractivity contribution is 0.0911. The lowest BCUT2D eigenvalue weighted by Crippen LogP contribution is -2.18. The van der Waals surface area contributed by atoms with Crippen molar-refractivity contribution >= 4 is 5.78 Å². The molecule has 96 valence electrons. The summed E-state index contributed by atoms with van der Waals surface area (Å²) in [4.78, 5) is 12.2. The average Bonchev–Trinajstić information content (AvgIpc) is 2.75. The highest BCUT2D eigenvalue weighted by molar-refractivity contribution is 5.96. The molecule has 1 aromatic rings. The number of hydrogen-bond donors (Lipinski definition) is 1. The zero-order valence-electron chi connectivity index (χ0n) is 11.0. The van der Waals surface area contributed by atoms with Crippen molar-refractivity contribution in [3.8, 4) is 0 Å². The van der Waals surface area contributed by atoms with Gasteiger partial charge in [-0.3, -0.25) is 9.48 Å². The van der Waals surface area contributed by atoms with E-state index in [0.717, 1.165) is 31.5 Å². The van der Waals surface area contributed by atoms with Crippen molar-refractivity contribution in [2.45, 2.75) is 52.6 Å². The molecule has 0 amide bonds. The summed E-state index contributed by atoms with van der Waals surface area (Å²) in [7, 11) is 0. The lowest BCUT2D eigenvalue weighted by Gasteiger charge is -2.12. The first kappa shape index (κ1) is 13.9. The van der Waals surface area contributed by atoms with E-state index in [9.17, 15) is 4.79 Å². The monoisotopic (exact) mass is 237 g/mol. The van der Waals surface area contributed by atoms with Crippen LogP contribution in [0.2, 0.25) is 0 Å². The number of carbonyl (C=O) groups is 1. The molecule has 2 N–H and O–H groups in total. The second-order valence-corrected chi connectivity index (χ2v) is 4.71. The van der Waals surface area contributed by atoms with Crippen LogP contribution >= 0.6 is 0 Å². The fourth-order valence-electron chi connectivity index (χ4n) is 1.92. The van der Waals surface area contributed by atoms with Crippen LogP contribution in [0.4, 0.5) is 0 Å². The number of aromatic nitrogens is 2. The van der Waals surface area contributed by atoms with Gasteiger partial charge in [0.15, 0.2) is 5.78 Å². The Bertz CT molecular complexity index is 357. The van der Waals surface area contributed by atoms with Crippen molar-refractivity contribution in [3.63, 3.8) is 0 Å². The van der Waals surface area contributed by atoms with Crippen LogP contribution in [-0.2, 0) is 6.54 Å². The predicted molar refractivity (Wildman–Crippen MR) is 68.9 cm³/mol. The van der Waals surface area contributed by atoms with Crippen molar-refractivity contribution < 1.29 is 4.79 Å². The second kappa shape index (κ2) is 6.55. The summed E-state index contributed by atoms with van der Waals surface area (Å²) >= 11 is 0. The van der Waals surface area contributed by atoms with Gasteiger partial charge in [0.25, 0.3) is 0 Å². The van der Waals surface area contributed by atoms with Gasteiger partial charge in [-0.05, 0) is 32.8 Å². The van der Waals surface area contributed by atoms with Crippen LogP contribution in [0.3, 0.4) is 0 Å². The number of nitrogens with two attached hydrogens (primary N) is 1. The van der Waals surface area contributed by atoms with Crippen molar-refractivity contribution in [1.82, 2.24) is 9.78 Å². The molecule has 0 saturated heterocycles. The van der Waals surface area contributed by atoms with Gasteiger partial charge in [-0.2, -0.15) is 5.10 Å². The Labute approximate surface area is 103 Å². The molecule has 17 heavy (non-hydrogen) atoms. The molecule has 4 heteroatoms. The molecular weight excluding hydrogens is 214 g/mol. The van der Waals surface area contributed by atoms with E-state index in [1.54, 1.807) is 16.9 Å². The van der Waals surface area contributed by atoms with E-state index >= 15 is 0 Å². The summed E-state index contributed by atoms with van der Waals surface area (Å²) in [5.41, 5.74) is 6.42. The highest BCUT2D eigenvalue weighted by atomic mass is 16.1. The van der Waals surface area contributed by atoms with Crippen LogP contribution in [0.15, 0.2) is 12.3 Å². The molecule has 0 bridgehead atoms. The lowest BCUT2D eigenvalue weighted by atomic mass is 9.96. The maximum Gasteiger partial charge on any atom is 0.183 e. The van der Waals surface area contributed by atoms with Gasteiger partial charge in [-0.25, -0.2) is 0 Å². The minimum Gasteiger partial charge on any atom is -0.328 e. The predicted octanol–water partition coefficient (Wildman–Crippen LogP) is 2.24. The topological polar surface area (TPSA) is 60.9 Å². The summed E-state index contributed by atoms with van der Waals surface area (Å²) in [5, 5.41) is 4.12. The van der Waals surface area contributed by atoms with Crippen LogP contribution in [0.5, 0.6) is 0 Å². The molecule has 0 aromatic carbocycles. The van der Waals surface area contributed by atoms with E-state index < -0.39 is 0 Å². The molecule has 0 aliphatic heterocycles. The molecule has 4 nitrogen and oxygen atoms in total. The molecule has 1 rings (SSSR count). The molecule has 0 fully saturated rings. The Morgan fingerprint density at radius 2 is 2.18 bits per heavy atom. The summed E-state index contributed by atoms with van der Waals surface area (Å²) < 4.78 is 1.75. The summed E-state index contributed by atoms with van der Waals surface area (Å²) in [6.07, 6.45) is 4.57. The fraction of sp³-hybridized carbons (Fsp3) is 0.692. The molecular formula is C13H23N3O. The molecule has 2 unspecified atom stereocenters. The van der Waals surface area contributed by atoms with Crippen LogP contribution in [0.25, 0.3) is 0 Å². The van der Waals surface area contributed by atoms with Crippen LogP contribution < -0.4 is 5.73 Å². The fourth-order valence-corrected chi connectivity index (χ4v) is 1.92. The number of ketones is 1. The van der Waals surface area contributed by atoms with E-state index in [4.69, 9.17) is 5.73 Å². The minimum atomic E-state index is 0.0516. The maximum atomic E-state index is 12.2. The number of nitrogens with zero attached hydrogens (tertiary/aromatic N) is 2. The van der Waals surface area contributed by atoms with E-state index in [0.29, 0.717) is 0 Å². The van der Waals surface area contributed by atoms with Crippen LogP contribution in [-0.4, -0.2) is 21.6 Å². The van der Waals surface area contributed by atoms with Gasteiger partial charge in [0, 0.05) is 24.7 Å². The Morgan fingerprint density at radius 3 is 2.76 bits per heavy atom. The number of carbonyl (C=O) groups excluding carboxylic acids is 1. The third-order valence-corrected chi connectivity index (χ3v) is 3.01. The molecule has 0 aliphatic carbocycles. The Kier molecular flexibility index (Phi) is 5.35. The zero-order chi connectivity index (χ0) is 12.8. The molecule has 0 spiro atoms. The van der Waals surface area contributed by atoms with Gasteiger partial charge >= 0.3 is 0 Å². The van der Waals surface area contributed by atoms with Crippen LogP contribution in [0.1, 0.15) is 50.5 Å². The molecule has 0 saturated carbocycles. The largest absolute Gasteiger partial charge is 0.328 e. The average molecular weight is 237 g/mol. The van der Waals surface area contributed by atoms with Gasteiger partial charge in [0.05, 0.1) is 0 Å². The first-order valence-corrected chi connectivity index (χ1v) is 6.37. The zero-order valence-corrected chi connectivity index (χ0v) is 11.0. The molecule has 0 aliphatic rings.